The summed E-state index contributed by atoms with van der Waals surface area (Å²) in [5.41, 5.74) is 4.69. The van der Waals surface area contributed by atoms with Crippen LogP contribution in [0, 0.1) is 0 Å². The van der Waals surface area contributed by atoms with E-state index in [1.807, 2.05) is 0 Å². The minimum atomic E-state index is 0. The topological polar surface area (TPSA) is 0 Å². The molecule has 5 rings (SSSR count). The molecule has 0 unspecified atom stereocenters. The Bertz CT molecular complexity index is 971. The summed E-state index contributed by atoms with van der Waals surface area (Å²) < 4.78 is 0. The Labute approximate surface area is 216 Å². The number of fused-ring (bicyclic) bond motifs is 3. The van der Waals surface area contributed by atoms with E-state index in [1.54, 1.807) is 11.1 Å². The zero-order valence-electron chi connectivity index (χ0n) is 18.4. The van der Waals surface area contributed by atoms with Crippen molar-refractivity contribution in [1.29, 1.82) is 0 Å². The van der Waals surface area contributed by atoms with E-state index in [1.165, 1.54) is 46.4 Å². The molecule has 0 atom stereocenters. The minimum Gasteiger partial charge on any atom is -1.00 e. The molecule has 157 valence electrons. The molecule has 0 aliphatic heterocycles. The van der Waals surface area contributed by atoms with E-state index in [0.29, 0.717) is 5.92 Å². The van der Waals surface area contributed by atoms with E-state index in [0.717, 1.165) is 9.52 Å². The Morgan fingerprint density at radius 3 is 2.13 bits per heavy atom. The number of hydrogen-bond acceptors (Lipinski definition) is 0. The van der Waals surface area contributed by atoms with Crippen molar-refractivity contribution in [1.82, 2.24) is 0 Å². The summed E-state index contributed by atoms with van der Waals surface area (Å²) in [6.45, 7) is 8.98. The molecule has 1 aliphatic carbocycles. The first kappa shape index (κ1) is 29.3. The van der Waals surface area contributed by atoms with Gasteiger partial charge in [0.05, 0.1) is 0 Å². The molecule has 0 N–H and O–H groups in total. The largest absolute Gasteiger partial charge is 4.00 e. The average molecular weight is 534 g/mol. The van der Waals surface area contributed by atoms with Gasteiger partial charge < -0.3 is 24.8 Å². The van der Waals surface area contributed by atoms with Crippen molar-refractivity contribution in [3.63, 3.8) is 0 Å². The molecule has 30 heavy (non-hydrogen) atoms. The first-order valence-corrected chi connectivity index (χ1v) is 12.5. The summed E-state index contributed by atoms with van der Waals surface area (Å²) in [6, 6.07) is 24.1. The zero-order chi connectivity index (χ0) is 19.2. The standard InChI is InChI=1S/C15H17.C9H7.C2H7Si.2ClH.Zr/c1-10(2)14-7-6-13-8-11-4-3-5-12(11)9-15(13)14;1-2-5-9-7-3-6-8(9)4-1;1-3-2;;;/h6-10H,3-5H2,1-2H3;1-7H;3H,1-2H3;2*1H;/q2*-1;;;;+4/p-2. The third-order valence-corrected chi connectivity index (χ3v) is 5.19. The predicted octanol–water partition coefficient (Wildman–Crippen LogP) is 1.25. The van der Waals surface area contributed by atoms with Crippen molar-refractivity contribution in [2.24, 2.45) is 0 Å². The van der Waals surface area contributed by atoms with E-state index in [2.05, 4.69) is 93.7 Å². The molecule has 1 aliphatic rings. The summed E-state index contributed by atoms with van der Waals surface area (Å²) >= 11 is 0. The van der Waals surface area contributed by atoms with Gasteiger partial charge >= 0.3 is 26.2 Å². The normalized spacial score (nSPS) is 11.2. The van der Waals surface area contributed by atoms with Crippen LogP contribution < -0.4 is 24.8 Å². The van der Waals surface area contributed by atoms with Crippen molar-refractivity contribution in [3.8, 4) is 0 Å². The second kappa shape index (κ2) is 14.4. The van der Waals surface area contributed by atoms with Crippen molar-refractivity contribution in [2.75, 3.05) is 0 Å². The fourth-order valence-electron chi connectivity index (χ4n) is 3.87. The molecule has 4 aromatic carbocycles. The van der Waals surface area contributed by atoms with Gasteiger partial charge in [0.2, 0.25) is 0 Å². The molecule has 0 heterocycles. The fraction of sp³-hybridized carbons (Fsp3) is 0.308. The van der Waals surface area contributed by atoms with Crippen LogP contribution in [0.25, 0.3) is 21.5 Å². The van der Waals surface area contributed by atoms with Crippen LogP contribution in [0.2, 0.25) is 13.1 Å². The molecule has 1 radical (unpaired) electrons. The van der Waals surface area contributed by atoms with E-state index >= 15 is 0 Å². The second-order valence-electron chi connectivity index (χ2n) is 7.74. The third kappa shape index (κ3) is 7.20. The number of rotatable bonds is 1. The molecule has 0 fully saturated rings. The Balaban J connectivity index is 0.000000488. The van der Waals surface area contributed by atoms with E-state index in [9.17, 15) is 0 Å². The number of aryl methyl sites for hydroxylation is 2. The number of benzene rings is 2. The molecule has 0 saturated heterocycles. The summed E-state index contributed by atoms with van der Waals surface area (Å²) in [7, 11) is 0.750. The Morgan fingerprint density at radius 2 is 1.50 bits per heavy atom. The van der Waals surface area contributed by atoms with Crippen LogP contribution in [0.1, 0.15) is 42.9 Å². The van der Waals surface area contributed by atoms with Crippen LogP contribution in [-0.2, 0) is 39.0 Å². The summed E-state index contributed by atoms with van der Waals surface area (Å²) in [6.07, 6.45) is 3.92. The van der Waals surface area contributed by atoms with Gasteiger partial charge in [0.15, 0.2) is 0 Å². The molecule has 0 nitrogen and oxygen atoms in total. The quantitative estimate of drug-likeness (QED) is 0.255. The monoisotopic (exact) mass is 531 g/mol. The van der Waals surface area contributed by atoms with Crippen LogP contribution in [0.3, 0.4) is 0 Å². The van der Waals surface area contributed by atoms with E-state index in [-0.39, 0.29) is 51.0 Å². The number of hydrogen-bond donors (Lipinski definition) is 0. The van der Waals surface area contributed by atoms with Gasteiger partial charge in [-0.05, 0) is 19.3 Å². The number of halogens is 2. The first-order valence-electron chi connectivity index (χ1n) is 10.2. The Hall–Kier alpha value is -0.660. The smallest absolute Gasteiger partial charge is 1.00 e. The maximum Gasteiger partial charge on any atom is 4.00 e. The molecule has 0 amide bonds. The average Bonchev–Trinajstić information content (AvgIpc) is 3.39. The van der Waals surface area contributed by atoms with Crippen LogP contribution >= 0.6 is 0 Å². The van der Waals surface area contributed by atoms with Gasteiger partial charge in [0, 0.05) is 9.52 Å². The molecule has 0 aromatic heterocycles. The molecular formula is C26H31Cl2SiZr. The summed E-state index contributed by atoms with van der Waals surface area (Å²) in [4.78, 5) is 0. The van der Waals surface area contributed by atoms with Gasteiger partial charge in [-0.2, -0.15) is 23.1 Å². The van der Waals surface area contributed by atoms with Crippen molar-refractivity contribution < 1.29 is 51.0 Å². The first-order chi connectivity index (χ1) is 13.1. The van der Waals surface area contributed by atoms with Gasteiger partial charge in [-0.25, -0.2) is 0 Å². The molecule has 0 saturated carbocycles. The minimum absolute atomic E-state index is 0. The van der Waals surface area contributed by atoms with Crippen LogP contribution in [0.4, 0.5) is 0 Å². The molecule has 4 aromatic rings. The SMILES string of the molecule is CC(C)c1c[cH-]c2cc3c(cc12)CCC3.C[SiH]C.[Cl-].[Cl-].[Zr+4].c1ccc2[cH-]ccc2c1. The maximum atomic E-state index is 2.44. The maximum absolute atomic E-state index is 2.44. The Morgan fingerprint density at radius 1 is 0.867 bits per heavy atom. The molecular weight excluding hydrogens is 503 g/mol. The van der Waals surface area contributed by atoms with Crippen LogP contribution in [0.5, 0.6) is 0 Å². The van der Waals surface area contributed by atoms with Gasteiger partial charge in [0.25, 0.3) is 0 Å². The van der Waals surface area contributed by atoms with Crippen LogP contribution in [-0.4, -0.2) is 9.52 Å². The third-order valence-electron chi connectivity index (χ3n) is 5.19. The van der Waals surface area contributed by atoms with Gasteiger partial charge in [-0.1, -0.05) is 50.1 Å². The van der Waals surface area contributed by atoms with E-state index < -0.39 is 0 Å². The van der Waals surface area contributed by atoms with Gasteiger partial charge in [0.1, 0.15) is 0 Å². The van der Waals surface area contributed by atoms with Crippen LogP contribution in [0.15, 0.2) is 66.7 Å². The second-order valence-corrected chi connectivity index (χ2v) is 8.89. The molecule has 0 bridgehead atoms. The summed E-state index contributed by atoms with van der Waals surface area (Å²) in [5.74, 6) is 0.641. The van der Waals surface area contributed by atoms with E-state index in [4.69, 9.17) is 0 Å². The van der Waals surface area contributed by atoms with Crippen molar-refractivity contribution in [3.05, 3.63) is 83.4 Å². The van der Waals surface area contributed by atoms with Gasteiger partial charge in [-0.15, -0.1) is 64.7 Å². The summed E-state index contributed by atoms with van der Waals surface area (Å²) in [5, 5.41) is 5.60. The van der Waals surface area contributed by atoms with Gasteiger partial charge in [-0.3, -0.25) is 0 Å². The zero-order valence-corrected chi connectivity index (χ0v) is 23.5. The predicted molar refractivity (Wildman–Crippen MR) is 124 cm³/mol. The fourth-order valence-corrected chi connectivity index (χ4v) is 3.87. The molecule has 4 heteroatoms. The van der Waals surface area contributed by atoms with Crippen molar-refractivity contribution in [2.45, 2.75) is 52.1 Å². The van der Waals surface area contributed by atoms with Crippen molar-refractivity contribution >= 4 is 31.1 Å². The molecule has 0 spiro atoms. The Kier molecular flexibility index (Phi) is 14.1.